The maximum atomic E-state index is 13.5. The molecule has 1 N–H and O–H groups in total. The predicted molar refractivity (Wildman–Crippen MR) is 90.1 cm³/mol. The Morgan fingerprint density at radius 1 is 1.09 bits per heavy atom. The Labute approximate surface area is 136 Å². The minimum absolute atomic E-state index is 0.123. The minimum Gasteiger partial charge on any atom is -0.357 e. The van der Waals surface area contributed by atoms with Crippen molar-refractivity contribution in [1.82, 2.24) is 10.3 Å². The van der Waals surface area contributed by atoms with Gasteiger partial charge in [0.15, 0.2) is 0 Å². The van der Waals surface area contributed by atoms with E-state index in [2.05, 4.69) is 21.3 Å². The molecule has 3 nitrogen and oxygen atoms in total. The lowest BCUT2D eigenvalue weighted by molar-refractivity contribution is 0.367. The van der Waals surface area contributed by atoms with Crippen LogP contribution in [-0.4, -0.2) is 24.1 Å². The second kappa shape index (κ2) is 6.28. The van der Waals surface area contributed by atoms with E-state index < -0.39 is 0 Å². The number of fused-ring (bicyclic) bond motifs is 1. The largest absolute Gasteiger partial charge is 0.357 e. The van der Waals surface area contributed by atoms with Gasteiger partial charge in [0.05, 0.1) is 0 Å². The third-order valence-corrected chi connectivity index (χ3v) is 5.09. The number of hydrogen-bond acceptors (Lipinski definition) is 3. The van der Waals surface area contributed by atoms with Crippen LogP contribution in [-0.2, 0) is 6.42 Å². The van der Waals surface area contributed by atoms with Crippen molar-refractivity contribution in [3.63, 3.8) is 0 Å². The third-order valence-electron chi connectivity index (χ3n) is 5.09. The summed E-state index contributed by atoms with van der Waals surface area (Å²) in [6.07, 6.45) is 6.21. The SMILES string of the molecule is Fc1ccc2c(c1)[C@@H](NC1CCN(c3ccccn3)CC1)CC2. The van der Waals surface area contributed by atoms with E-state index in [1.54, 1.807) is 12.1 Å². The minimum atomic E-state index is -0.123. The number of rotatable bonds is 3. The molecule has 1 fully saturated rings. The van der Waals surface area contributed by atoms with E-state index in [-0.39, 0.29) is 5.82 Å². The van der Waals surface area contributed by atoms with Crippen molar-refractivity contribution in [2.75, 3.05) is 18.0 Å². The van der Waals surface area contributed by atoms with Gasteiger partial charge in [0.1, 0.15) is 11.6 Å². The van der Waals surface area contributed by atoms with Gasteiger partial charge in [-0.15, -0.1) is 0 Å². The topological polar surface area (TPSA) is 28.2 Å². The second-order valence-corrected chi connectivity index (χ2v) is 6.55. The number of aromatic nitrogens is 1. The number of halogens is 1. The van der Waals surface area contributed by atoms with E-state index in [1.807, 2.05) is 24.4 Å². The Bertz CT molecular complexity index is 666. The van der Waals surface area contributed by atoms with Crippen LogP contribution >= 0.6 is 0 Å². The highest BCUT2D eigenvalue weighted by atomic mass is 19.1. The maximum absolute atomic E-state index is 13.5. The Hall–Kier alpha value is -1.94. The fourth-order valence-corrected chi connectivity index (χ4v) is 3.85. The quantitative estimate of drug-likeness (QED) is 0.941. The molecule has 1 aromatic carbocycles. The highest BCUT2D eigenvalue weighted by Crippen LogP contribution is 2.32. The van der Waals surface area contributed by atoms with Crippen molar-refractivity contribution in [2.24, 2.45) is 0 Å². The van der Waals surface area contributed by atoms with E-state index >= 15 is 0 Å². The second-order valence-electron chi connectivity index (χ2n) is 6.55. The van der Waals surface area contributed by atoms with Crippen molar-refractivity contribution in [2.45, 2.75) is 37.8 Å². The molecule has 0 radical (unpaired) electrons. The van der Waals surface area contributed by atoms with Crippen LogP contribution in [0.1, 0.15) is 36.4 Å². The number of pyridine rings is 1. The summed E-state index contributed by atoms with van der Waals surface area (Å²) in [7, 11) is 0. The van der Waals surface area contributed by atoms with E-state index in [1.165, 1.54) is 5.56 Å². The zero-order valence-electron chi connectivity index (χ0n) is 13.2. The zero-order valence-corrected chi connectivity index (χ0v) is 13.2. The van der Waals surface area contributed by atoms with Crippen LogP contribution in [0.5, 0.6) is 0 Å². The Morgan fingerprint density at radius 2 is 1.96 bits per heavy atom. The van der Waals surface area contributed by atoms with Crippen molar-refractivity contribution in [3.8, 4) is 0 Å². The first-order valence-corrected chi connectivity index (χ1v) is 8.50. The zero-order chi connectivity index (χ0) is 15.6. The molecule has 2 aliphatic rings. The molecule has 2 heterocycles. The molecule has 0 amide bonds. The van der Waals surface area contributed by atoms with Crippen LogP contribution in [0.2, 0.25) is 0 Å². The molecule has 1 aromatic heterocycles. The summed E-state index contributed by atoms with van der Waals surface area (Å²) in [6, 6.07) is 12.1. The van der Waals surface area contributed by atoms with Crippen molar-refractivity contribution in [3.05, 3.63) is 59.5 Å². The monoisotopic (exact) mass is 311 g/mol. The molecule has 0 unspecified atom stereocenters. The van der Waals surface area contributed by atoms with Crippen molar-refractivity contribution in [1.29, 1.82) is 0 Å². The highest BCUT2D eigenvalue weighted by molar-refractivity contribution is 5.38. The molecule has 2 aromatic rings. The molecule has 4 rings (SSSR count). The average Bonchev–Trinajstić information content (AvgIpc) is 2.98. The van der Waals surface area contributed by atoms with Crippen LogP contribution in [0.3, 0.4) is 0 Å². The van der Waals surface area contributed by atoms with Gasteiger partial charge >= 0.3 is 0 Å². The number of piperidine rings is 1. The summed E-state index contributed by atoms with van der Waals surface area (Å²) in [6.45, 7) is 2.05. The van der Waals surface area contributed by atoms with E-state index in [0.717, 1.165) is 50.2 Å². The van der Waals surface area contributed by atoms with Crippen molar-refractivity contribution < 1.29 is 4.39 Å². The Balaban J connectivity index is 1.37. The number of nitrogens with one attached hydrogen (secondary N) is 1. The van der Waals surface area contributed by atoms with Gasteiger partial charge in [0.25, 0.3) is 0 Å². The van der Waals surface area contributed by atoms with Gasteiger partial charge in [-0.25, -0.2) is 9.37 Å². The van der Waals surface area contributed by atoms with Gasteiger partial charge in [0, 0.05) is 31.4 Å². The molecular weight excluding hydrogens is 289 g/mol. The molecule has 1 aliphatic heterocycles. The summed E-state index contributed by atoms with van der Waals surface area (Å²) in [5, 5.41) is 3.76. The lowest BCUT2D eigenvalue weighted by Crippen LogP contribution is -2.43. The normalized spacial score (nSPS) is 21.4. The summed E-state index contributed by atoms with van der Waals surface area (Å²) in [5.41, 5.74) is 2.46. The van der Waals surface area contributed by atoms with Gasteiger partial charge in [-0.2, -0.15) is 0 Å². The average molecular weight is 311 g/mol. The molecule has 4 heteroatoms. The highest BCUT2D eigenvalue weighted by Gasteiger charge is 2.27. The number of nitrogens with zero attached hydrogens (tertiary/aromatic N) is 2. The summed E-state index contributed by atoms with van der Waals surface area (Å²) in [5.74, 6) is 0.946. The molecule has 0 saturated carbocycles. The fraction of sp³-hybridized carbons (Fsp3) is 0.421. The van der Waals surface area contributed by atoms with Crippen LogP contribution in [0.25, 0.3) is 0 Å². The predicted octanol–water partition coefficient (Wildman–Crippen LogP) is 3.47. The van der Waals surface area contributed by atoms with Gasteiger partial charge in [0.2, 0.25) is 0 Å². The molecule has 1 atom stereocenters. The van der Waals surface area contributed by atoms with Gasteiger partial charge in [-0.1, -0.05) is 12.1 Å². The van der Waals surface area contributed by atoms with Gasteiger partial charge < -0.3 is 10.2 Å². The first kappa shape index (κ1) is 14.6. The molecule has 0 spiro atoms. The van der Waals surface area contributed by atoms with E-state index in [0.29, 0.717) is 12.1 Å². The number of aryl methyl sites for hydroxylation is 1. The van der Waals surface area contributed by atoms with Crippen LogP contribution in [0, 0.1) is 5.82 Å². The van der Waals surface area contributed by atoms with Crippen LogP contribution < -0.4 is 10.2 Å². The number of anilines is 1. The lowest BCUT2D eigenvalue weighted by Gasteiger charge is -2.34. The maximum Gasteiger partial charge on any atom is 0.128 e. The Morgan fingerprint density at radius 3 is 2.74 bits per heavy atom. The number of benzene rings is 1. The van der Waals surface area contributed by atoms with Crippen molar-refractivity contribution >= 4 is 5.82 Å². The smallest absolute Gasteiger partial charge is 0.128 e. The third kappa shape index (κ3) is 3.08. The molecule has 120 valence electrons. The fourth-order valence-electron chi connectivity index (χ4n) is 3.85. The summed E-state index contributed by atoms with van der Waals surface area (Å²) in [4.78, 5) is 6.78. The molecule has 1 aliphatic carbocycles. The molecule has 1 saturated heterocycles. The van der Waals surface area contributed by atoms with Crippen LogP contribution in [0.4, 0.5) is 10.2 Å². The molecule has 0 bridgehead atoms. The lowest BCUT2D eigenvalue weighted by atomic mass is 10.0. The molecule has 23 heavy (non-hydrogen) atoms. The first-order chi connectivity index (χ1) is 11.3. The summed E-state index contributed by atoms with van der Waals surface area (Å²) >= 11 is 0. The molecular formula is C19H22FN3. The number of hydrogen-bond donors (Lipinski definition) is 1. The van der Waals surface area contributed by atoms with Gasteiger partial charge in [-0.3, -0.25) is 0 Å². The Kier molecular flexibility index (Phi) is 4.00. The summed E-state index contributed by atoms with van der Waals surface area (Å²) < 4.78 is 13.5. The van der Waals surface area contributed by atoms with E-state index in [4.69, 9.17) is 0 Å². The van der Waals surface area contributed by atoms with Gasteiger partial charge in [-0.05, 0) is 61.1 Å². The van der Waals surface area contributed by atoms with E-state index in [9.17, 15) is 4.39 Å². The standard InChI is InChI=1S/C19H22FN3/c20-15-6-4-14-5-7-18(17(14)13-15)22-16-8-11-23(12-9-16)19-3-1-2-10-21-19/h1-4,6,10,13,16,18,22H,5,7-9,11-12H2/t18-/m0/s1. The first-order valence-electron chi connectivity index (χ1n) is 8.50. The van der Waals surface area contributed by atoms with Crippen LogP contribution in [0.15, 0.2) is 42.6 Å².